The summed E-state index contributed by atoms with van der Waals surface area (Å²) in [4.78, 5) is 56.2. The molecule has 26 heteroatoms. The van der Waals surface area contributed by atoms with E-state index >= 15 is 0 Å². The highest BCUT2D eigenvalue weighted by Gasteiger charge is 2.53. The lowest BCUT2D eigenvalue weighted by Crippen LogP contribution is -2.38. The van der Waals surface area contributed by atoms with Crippen molar-refractivity contribution in [1.82, 2.24) is 39.0 Å². The van der Waals surface area contributed by atoms with E-state index in [1.165, 1.54) is 21.8 Å². The Morgan fingerprint density at radius 2 is 1.33 bits per heavy atom. The maximum absolute atomic E-state index is 13.4. The number of nitrogen functional groups attached to an aromatic ring is 2. The minimum Gasteiger partial charge on any atom is -0.386 e. The van der Waals surface area contributed by atoms with Crippen molar-refractivity contribution in [2.75, 3.05) is 24.7 Å². The van der Waals surface area contributed by atoms with Gasteiger partial charge in [0.15, 0.2) is 34.8 Å². The van der Waals surface area contributed by atoms with Gasteiger partial charge in [0, 0.05) is 0 Å². The van der Waals surface area contributed by atoms with Crippen LogP contribution in [-0.2, 0) is 43.9 Å². The summed E-state index contributed by atoms with van der Waals surface area (Å²) >= 11 is 9.24. The molecule has 248 valence electrons. The number of anilines is 2. The number of fused-ring (bicyclic) bond motifs is 4. The van der Waals surface area contributed by atoms with Crippen LogP contribution in [0.25, 0.3) is 22.3 Å². The first-order valence-electron chi connectivity index (χ1n) is 13.1. The van der Waals surface area contributed by atoms with Crippen molar-refractivity contribution in [3.05, 3.63) is 33.4 Å². The Labute approximate surface area is 264 Å². The van der Waals surface area contributed by atoms with Crippen molar-refractivity contribution in [3.63, 3.8) is 0 Å². The van der Waals surface area contributed by atoms with E-state index < -0.39 is 86.9 Å². The molecule has 7 rings (SSSR count). The van der Waals surface area contributed by atoms with E-state index in [1.807, 2.05) is 0 Å². The van der Waals surface area contributed by atoms with E-state index in [2.05, 4.69) is 42.2 Å². The average Bonchev–Trinajstić information content (AvgIpc) is 3.72. The molecule has 3 aliphatic heterocycles. The zero-order chi connectivity index (χ0) is 32.7. The molecule has 0 radical (unpaired) electrons. The summed E-state index contributed by atoms with van der Waals surface area (Å²) < 4.78 is 50.0. The molecular formula is C20H24N10O12P2S2. The van der Waals surface area contributed by atoms with Gasteiger partial charge in [0.25, 0.3) is 11.1 Å². The normalized spacial score (nSPS) is 37.1. The van der Waals surface area contributed by atoms with Gasteiger partial charge in [-0.1, -0.05) is 12.2 Å². The van der Waals surface area contributed by atoms with Crippen molar-refractivity contribution in [2.24, 2.45) is 0 Å². The zero-order valence-electron chi connectivity index (χ0n) is 22.8. The Kier molecular flexibility index (Phi) is 7.87. The van der Waals surface area contributed by atoms with Crippen LogP contribution in [0.4, 0.5) is 11.9 Å². The average molecular weight is 723 g/mol. The van der Waals surface area contributed by atoms with Crippen LogP contribution < -0.4 is 22.6 Å². The van der Waals surface area contributed by atoms with Crippen LogP contribution in [0.1, 0.15) is 12.5 Å². The molecule has 0 spiro atoms. The van der Waals surface area contributed by atoms with E-state index in [0.29, 0.717) is 0 Å². The van der Waals surface area contributed by atoms with E-state index in [9.17, 15) is 29.3 Å². The Morgan fingerprint density at radius 1 is 0.870 bits per heavy atom. The molecule has 3 aliphatic rings. The van der Waals surface area contributed by atoms with Gasteiger partial charge >= 0.3 is 13.5 Å². The number of aromatic amines is 2. The topological polar surface area (TPSA) is 312 Å². The molecular weight excluding hydrogens is 698 g/mol. The highest BCUT2D eigenvalue weighted by molar-refractivity contribution is 8.44. The van der Waals surface area contributed by atoms with Gasteiger partial charge in [-0.2, -0.15) is 9.97 Å². The van der Waals surface area contributed by atoms with Crippen LogP contribution in [-0.4, -0.2) is 104 Å². The Balaban J connectivity index is 1.18. The largest absolute Gasteiger partial charge is 0.386 e. The van der Waals surface area contributed by atoms with E-state index in [4.69, 9.17) is 50.8 Å². The number of H-pyrrole nitrogens is 2. The summed E-state index contributed by atoms with van der Waals surface area (Å²) in [6.45, 7) is -9.76. The molecule has 0 aliphatic carbocycles. The number of aliphatic hydroxyl groups excluding tert-OH is 2. The van der Waals surface area contributed by atoms with Crippen molar-refractivity contribution in [2.45, 2.75) is 49.1 Å². The first-order valence-corrected chi connectivity index (χ1v) is 18.4. The van der Waals surface area contributed by atoms with Gasteiger partial charge in [0.2, 0.25) is 11.9 Å². The Hall–Kier alpha value is -2.83. The lowest BCUT2D eigenvalue weighted by Gasteiger charge is -2.29. The van der Waals surface area contributed by atoms with E-state index in [1.54, 1.807) is 0 Å². The van der Waals surface area contributed by atoms with Gasteiger partial charge in [-0.05, 0) is 11.8 Å². The number of aromatic nitrogens is 8. The number of imidazole rings is 2. The zero-order valence-corrected chi connectivity index (χ0v) is 26.3. The monoisotopic (exact) mass is 722 g/mol. The standard InChI is InChI=1S/C20H24N10O12P2S2/c21-19-25-13-7(15(33)27-19)23-3-29(13)17-9(31)11-5(39-17)1-37-43(35,45)42-12-6(2-38-44(36,46)41-11)40-18(10(12)32)30-4-24-8-14(30)26-20(22)28-16(8)34/h3-6,9-12,17-18,31-32H,1-2H2,(H,35,45)(H,36,46)(H3,21,25,27,33)(H3,22,26,28,34)/t5-,6?,9-,10-,11-,12-,17-,18-,43?,44?/m1/s1. The molecule has 9 N–H and O–H groups in total. The number of nitrogens with zero attached hydrogens (tertiary/aromatic N) is 6. The second-order valence-corrected chi connectivity index (χ2v) is 16.0. The highest BCUT2D eigenvalue weighted by atomic mass is 32.7. The number of ether oxygens (including phenoxy) is 2. The van der Waals surface area contributed by atoms with E-state index in [-0.39, 0.29) is 34.2 Å². The maximum Gasteiger partial charge on any atom is 0.386 e. The molecule has 10 atom stereocenters. The minimum atomic E-state index is -4.35. The van der Waals surface area contributed by atoms with Crippen molar-refractivity contribution in [1.29, 1.82) is 0 Å². The molecule has 0 aromatic carbocycles. The van der Waals surface area contributed by atoms with Gasteiger partial charge in [0.05, 0.1) is 25.9 Å². The van der Waals surface area contributed by atoms with Gasteiger partial charge in [-0.25, -0.2) is 14.5 Å². The van der Waals surface area contributed by atoms with E-state index in [0.717, 1.165) is 0 Å². The number of rotatable bonds is 2. The molecule has 22 nitrogen and oxygen atoms in total. The summed E-state index contributed by atoms with van der Waals surface area (Å²) in [5, 5.41) is 22.5. The van der Waals surface area contributed by atoms with Gasteiger partial charge in [-0.15, -0.1) is 0 Å². The first kappa shape index (κ1) is 31.8. The van der Waals surface area contributed by atoms with Gasteiger partial charge < -0.3 is 40.6 Å². The van der Waals surface area contributed by atoms with Crippen molar-refractivity contribution >= 4 is 71.8 Å². The highest BCUT2D eigenvalue weighted by Crippen LogP contribution is 2.58. The first-order chi connectivity index (χ1) is 21.7. The predicted octanol–water partition coefficient (Wildman–Crippen LogP) is -1.99. The third-order valence-electron chi connectivity index (χ3n) is 7.38. The number of hydrogen-bond acceptors (Lipinski definition) is 18. The summed E-state index contributed by atoms with van der Waals surface area (Å²) in [5.41, 5.74) is 9.79. The Morgan fingerprint density at radius 3 is 1.83 bits per heavy atom. The lowest BCUT2D eigenvalue weighted by atomic mass is 10.1. The molecule has 46 heavy (non-hydrogen) atoms. The second-order valence-electron chi connectivity index (χ2n) is 10.3. The van der Waals surface area contributed by atoms with Gasteiger partial charge in [-0.3, -0.25) is 42.3 Å². The summed E-state index contributed by atoms with van der Waals surface area (Å²) in [7, 11) is 0. The minimum absolute atomic E-state index is 0.0342. The third kappa shape index (κ3) is 5.57. The third-order valence-corrected chi connectivity index (χ3v) is 10.6. The number of nitrogens with two attached hydrogens (primary N) is 2. The van der Waals surface area contributed by atoms with Crippen LogP contribution in [0.2, 0.25) is 0 Å². The molecule has 3 unspecified atom stereocenters. The van der Waals surface area contributed by atoms with Crippen LogP contribution in [0.15, 0.2) is 22.2 Å². The summed E-state index contributed by atoms with van der Waals surface area (Å²) in [6.07, 6.45) is -9.01. The molecule has 7 heterocycles. The van der Waals surface area contributed by atoms with Crippen LogP contribution in [0, 0.1) is 0 Å². The quantitative estimate of drug-likeness (QED) is 0.0820. The second kappa shape index (κ2) is 11.4. The molecule has 3 fully saturated rings. The maximum atomic E-state index is 13.4. The van der Waals surface area contributed by atoms with Crippen molar-refractivity contribution < 1.29 is 47.2 Å². The SMILES string of the molecule is Nc1nc2c(ncn2[C@@H]2O[C@@H]3COP(O)(=S)O[C@@H]4C(COP(=O)(S)O[C@H]3[C@H]2O)O[C@@H](n2cnc3c(=O)[nH]c(N)nc32)[C@@H]4O)c(=O)[nH]1. The number of nitrogens with one attached hydrogen (secondary N) is 2. The molecule has 0 amide bonds. The van der Waals surface area contributed by atoms with Crippen LogP contribution in [0.3, 0.4) is 0 Å². The summed E-state index contributed by atoms with van der Waals surface area (Å²) in [5.74, 6) is -0.450. The fourth-order valence-electron chi connectivity index (χ4n) is 5.39. The fourth-order valence-corrected chi connectivity index (χ4v) is 8.33. The fraction of sp³-hybridized carbons (Fsp3) is 0.500. The molecule has 0 saturated carbocycles. The summed E-state index contributed by atoms with van der Waals surface area (Å²) in [6, 6.07) is 0. The smallest absolute Gasteiger partial charge is 0.386 e. The van der Waals surface area contributed by atoms with Gasteiger partial charge in [0.1, 0.15) is 36.6 Å². The molecule has 0 bridgehead atoms. The predicted molar refractivity (Wildman–Crippen MR) is 160 cm³/mol. The lowest BCUT2D eigenvalue weighted by molar-refractivity contribution is -0.0577. The number of aliphatic hydroxyl groups is 2. The molecule has 4 aromatic rings. The van der Waals surface area contributed by atoms with Crippen LogP contribution in [0.5, 0.6) is 0 Å². The van der Waals surface area contributed by atoms with Crippen molar-refractivity contribution in [3.8, 4) is 0 Å². The Bertz CT molecular complexity index is 1910. The molecule has 3 saturated heterocycles. The number of hydrogen-bond donors (Lipinski definition) is 8. The number of thiol groups is 1. The van der Waals surface area contributed by atoms with Crippen LogP contribution >= 0.6 is 25.8 Å². The molecule has 4 aromatic heterocycles.